The molecule has 8 heteroatoms. The SMILES string of the molecule is CC[Si](CC)(CC)OC1C(C)C(CCS(=O)(=O)c2ccccc2)OC(C(=O)OC)C1C. The van der Waals surface area contributed by atoms with Gasteiger partial charge in [-0.15, -0.1) is 0 Å². The third-order valence-electron chi connectivity index (χ3n) is 6.95. The first-order chi connectivity index (χ1) is 14.6. The highest BCUT2D eigenvalue weighted by Gasteiger charge is 2.48. The fourth-order valence-corrected chi connectivity index (χ4v) is 8.89. The van der Waals surface area contributed by atoms with E-state index in [9.17, 15) is 13.2 Å². The number of carbonyl (C=O) groups excluding carboxylic acids is 1. The van der Waals surface area contributed by atoms with E-state index in [1.807, 2.05) is 6.92 Å². The third-order valence-corrected chi connectivity index (χ3v) is 13.3. The highest BCUT2D eigenvalue weighted by molar-refractivity contribution is 7.91. The average molecular weight is 471 g/mol. The van der Waals surface area contributed by atoms with E-state index < -0.39 is 36.3 Å². The number of esters is 1. The molecule has 1 aliphatic heterocycles. The Morgan fingerprint density at radius 2 is 1.61 bits per heavy atom. The maximum absolute atomic E-state index is 12.8. The minimum atomic E-state index is -3.43. The highest BCUT2D eigenvalue weighted by atomic mass is 32.2. The summed E-state index contributed by atoms with van der Waals surface area (Å²) in [6.45, 7) is 10.6. The summed E-state index contributed by atoms with van der Waals surface area (Å²) in [4.78, 5) is 12.8. The molecule has 0 saturated carbocycles. The van der Waals surface area contributed by atoms with Crippen LogP contribution in [-0.2, 0) is 28.5 Å². The van der Waals surface area contributed by atoms with Gasteiger partial charge in [0.15, 0.2) is 24.3 Å². The van der Waals surface area contributed by atoms with Crippen molar-refractivity contribution in [2.75, 3.05) is 12.9 Å². The van der Waals surface area contributed by atoms with E-state index in [1.54, 1.807) is 30.3 Å². The van der Waals surface area contributed by atoms with Gasteiger partial charge in [-0.05, 0) is 36.7 Å². The van der Waals surface area contributed by atoms with Gasteiger partial charge >= 0.3 is 5.97 Å². The molecule has 31 heavy (non-hydrogen) atoms. The van der Waals surface area contributed by atoms with Gasteiger partial charge in [-0.25, -0.2) is 13.2 Å². The maximum Gasteiger partial charge on any atom is 0.335 e. The summed E-state index contributed by atoms with van der Waals surface area (Å²) in [6.07, 6.45) is -1.03. The predicted octanol–water partition coefficient (Wildman–Crippen LogP) is 4.45. The molecule has 1 saturated heterocycles. The Labute approximate surface area is 188 Å². The Kier molecular flexibility index (Phi) is 9.30. The van der Waals surface area contributed by atoms with E-state index in [1.165, 1.54) is 7.11 Å². The number of sulfone groups is 1. The van der Waals surface area contributed by atoms with Crippen molar-refractivity contribution >= 4 is 24.1 Å². The molecule has 2 rings (SSSR count). The van der Waals surface area contributed by atoms with Gasteiger partial charge in [-0.2, -0.15) is 0 Å². The first kappa shape index (κ1) is 26.0. The van der Waals surface area contributed by atoms with Gasteiger partial charge in [-0.1, -0.05) is 52.8 Å². The molecule has 0 spiro atoms. The monoisotopic (exact) mass is 470 g/mol. The third kappa shape index (κ3) is 5.97. The van der Waals surface area contributed by atoms with E-state index in [2.05, 4.69) is 27.7 Å². The fourth-order valence-electron chi connectivity index (χ4n) is 4.54. The lowest BCUT2D eigenvalue weighted by Gasteiger charge is -2.47. The molecule has 1 aliphatic rings. The largest absolute Gasteiger partial charge is 0.467 e. The number of benzene rings is 1. The van der Waals surface area contributed by atoms with Gasteiger partial charge in [0.05, 0.1) is 30.0 Å². The molecule has 6 nitrogen and oxygen atoms in total. The average Bonchev–Trinajstić information content (AvgIpc) is 2.79. The van der Waals surface area contributed by atoms with Crippen LogP contribution in [0, 0.1) is 11.8 Å². The molecular weight excluding hydrogens is 432 g/mol. The number of hydrogen-bond donors (Lipinski definition) is 0. The molecule has 0 amide bonds. The van der Waals surface area contributed by atoms with E-state index in [0.717, 1.165) is 18.1 Å². The number of rotatable bonds is 10. The number of ether oxygens (including phenoxy) is 2. The van der Waals surface area contributed by atoms with Crippen molar-refractivity contribution in [1.82, 2.24) is 0 Å². The van der Waals surface area contributed by atoms with Crippen LogP contribution in [0.5, 0.6) is 0 Å². The molecule has 1 aromatic rings. The zero-order chi connectivity index (χ0) is 23.2. The normalized spacial score (nSPS) is 27.1. The second-order valence-corrected chi connectivity index (χ2v) is 15.4. The van der Waals surface area contributed by atoms with Crippen LogP contribution >= 0.6 is 0 Å². The number of hydrogen-bond acceptors (Lipinski definition) is 6. The molecule has 0 aromatic heterocycles. The summed E-state index contributed by atoms with van der Waals surface area (Å²) in [5.74, 6) is -0.668. The van der Waals surface area contributed by atoms with Crippen molar-refractivity contribution in [2.45, 2.75) is 82.4 Å². The first-order valence-electron chi connectivity index (χ1n) is 11.3. The van der Waals surface area contributed by atoms with Crippen molar-refractivity contribution < 1.29 is 27.1 Å². The van der Waals surface area contributed by atoms with Crippen LogP contribution in [0.15, 0.2) is 35.2 Å². The van der Waals surface area contributed by atoms with Crippen LogP contribution in [-0.4, -0.2) is 53.9 Å². The summed E-state index contributed by atoms with van der Waals surface area (Å²) in [7, 11) is -4.01. The molecule has 0 bridgehead atoms. The second-order valence-electron chi connectivity index (χ2n) is 8.58. The molecule has 5 unspecified atom stereocenters. The van der Waals surface area contributed by atoms with Gasteiger partial charge in [0.2, 0.25) is 0 Å². The smallest absolute Gasteiger partial charge is 0.335 e. The molecular formula is C23H38O6SSi. The van der Waals surface area contributed by atoms with Gasteiger partial charge in [-0.3, -0.25) is 0 Å². The summed E-state index contributed by atoms with van der Waals surface area (Å²) >= 11 is 0. The van der Waals surface area contributed by atoms with Crippen LogP contribution in [0.2, 0.25) is 18.1 Å². The van der Waals surface area contributed by atoms with E-state index in [-0.39, 0.29) is 23.7 Å². The molecule has 176 valence electrons. The molecule has 1 heterocycles. The van der Waals surface area contributed by atoms with Crippen LogP contribution < -0.4 is 0 Å². The molecule has 5 atom stereocenters. The van der Waals surface area contributed by atoms with E-state index >= 15 is 0 Å². The van der Waals surface area contributed by atoms with Crippen LogP contribution in [0.3, 0.4) is 0 Å². The minimum absolute atomic E-state index is 0.0293. The van der Waals surface area contributed by atoms with Crippen molar-refractivity contribution in [1.29, 1.82) is 0 Å². The van der Waals surface area contributed by atoms with E-state index in [4.69, 9.17) is 13.9 Å². The Bertz CT molecular complexity index is 800. The summed E-state index contributed by atoms with van der Waals surface area (Å²) in [5, 5.41) is 0. The van der Waals surface area contributed by atoms with Gasteiger partial charge in [0, 0.05) is 11.8 Å². The zero-order valence-corrected chi connectivity index (χ0v) is 21.5. The van der Waals surface area contributed by atoms with E-state index in [0.29, 0.717) is 11.3 Å². The lowest BCUT2D eigenvalue weighted by atomic mass is 9.82. The Hall–Kier alpha value is -1.22. The minimum Gasteiger partial charge on any atom is -0.467 e. The van der Waals surface area contributed by atoms with Gasteiger partial charge < -0.3 is 13.9 Å². The van der Waals surface area contributed by atoms with Crippen LogP contribution in [0.25, 0.3) is 0 Å². The quantitative estimate of drug-likeness (QED) is 0.371. The topological polar surface area (TPSA) is 78.9 Å². The highest BCUT2D eigenvalue weighted by Crippen LogP contribution is 2.38. The number of carbonyl (C=O) groups is 1. The van der Waals surface area contributed by atoms with Crippen LogP contribution in [0.1, 0.15) is 41.0 Å². The summed E-state index contributed by atoms with van der Waals surface area (Å²) in [5.41, 5.74) is 0. The van der Waals surface area contributed by atoms with Crippen LogP contribution in [0.4, 0.5) is 0 Å². The van der Waals surface area contributed by atoms with Crippen molar-refractivity contribution in [2.24, 2.45) is 11.8 Å². The summed E-state index contributed by atoms with van der Waals surface area (Å²) in [6, 6.07) is 11.5. The Morgan fingerprint density at radius 1 is 1.03 bits per heavy atom. The lowest BCUT2D eigenvalue weighted by Crippen LogP contribution is -2.56. The molecule has 1 aromatic carbocycles. The number of methoxy groups -OCH3 is 1. The predicted molar refractivity (Wildman–Crippen MR) is 124 cm³/mol. The van der Waals surface area contributed by atoms with Gasteiger partial charge in [0.25, 0.3) is 0 Å². The van der Waals surface area contributed by atoms with Crippen molar-refractivity contribution in [3.05, 3.63) is 30.3 Å². The molecule has 0 aliphatic carbocycles. The standard InChI is InChI=1S/C23H38O6SSi/c1-7-31(8-2,9-3)29-21-17(4)20(28-22(18(21)5)23(24)27-6)15-16-30(25,26)19-13-11-10-12-14-19/h10-14,17-18,20-22H,7-9,15-16H2,1-6H3. The molecule has 0 N–H and O–H groups in total. The molecule has 1 fully saturated rings. The summed E-state index contributed by atoms with van der Waals surface area (Å²) < 4.78 is 43.5. The maximum atomic E-state index is 12.8. The molecule has 0 radical (unpaired) electrons. The Morgan fingerprint density at radius 3 is 2.13 bits per heavy atom. The van der Waals surface area contributed by atoms with Crippen molar-refractivity contribution in [3.8, 4) is 0 Å². The fraction of sp³-hybridized carbons (Fsp3) is 0.696. The second kappa shape index (κ2) is 11.1. The van der Waals surface area contributed by atoms with Crippen molar-refractivity contribution in [3.63, 3.8) is 0 Å². The Balaban J connectivity index is 2.26. The lowest BCUT2D eigenvalue weighted by molar-refractivity contribution is -0.190. The first-order valence-corrected chi connectivity index (χ1v) is 15.5. The zero-order valence-electron chi connectivity index (χ0n) is 19.7. The van der Waals surface area contributed by atoms with Gasteiger partial charge in [0.1, 0.15) is 0 Å².